The smallest absolute Gasteiger partial charge is 0.326 e. The molecule has 9 nitrogen and oxygen atoms in total. The highest BCUT2D eigenvalue weighted by molar-refractivity contribution is 6.33. The van der Waals surface area contributed by atoms with Gasteiger partial charge in [-0.1, -0.05) is 29.8 Å². The molecule has 0 saturated carbocycles. The Morgan fingerprint density at radius 3 is 2.37 bits per heavy atom. The van der Waals surface area contributed by atoms with E-state index in [1.54, 1.807) is 0 Å². The molecule has 2 aliphatic rings. The number of halogens is 1. The lowest BCUT2D eigenvalue weighted by Gasteiger charge is -2.37. The summed E-state index contributed by atoms with van der Waals surface area (Å²) in [6.45, 7) is 4.40. The monoisotopic (exact) mass is 580 g/mol. The predicted octanol–water partition coefficient (Wildman–Crippen LogP) is 3.84. The Labute approximate surface area is 246 Å². The van der Waals surface area contributed by atoms with Crippen LogP contribution in [-0.4, -0.2) is 82.4 Å². The van der Waals surface area contributed by atoms with E-state index in [1.165, 1.54) is 0 Å². The minimum atomic E-state index is -0.480. The number of hydrogen-bond donors (Lipinski definition) is 2. The van der Waals surface area contributed by atoms with Crippen LogP contribution in [0.25, 0.3) is 11.0 Å². The van der Waals surface area contributed by atoms with Crippen molar-refractivity contribution in [3.05, 3.63) is 63.0 Å². The molecule has 41 heavy (non-hydrogen) atoms. The van der Waals surface area contributed by atoms with Gasteiger partial charge in [-0.05, 0) is 82.4 Å². The standard InChI is InChI=1S/C31H41ClN6O3/c1-20-16-21(18-25(32)29(20)33)17-22(30(40)37-14-8-23(9-15-37)35(2)3)19-28(39)36-12-10-24(11-13-36)38-27-7-5-4-6-26(27)34-31(38)41/h4-7,16,18,22-24H,8-15,17,19,33H2,1-3H3,(H,34,41)/t22-/m0/s1. The first-order valence-electron chi connectivity index (χ1n) is 14.6. The Kier molecular flexibility index (Phi) is 8.75. The number of aromatic amines is 1. The van der Waals surface area contributed by atoms with Gasteiger partial charge in [-0.2, -0.15) is 0 Å². The van der Waals surface area contributed by atoms with Gasteiger partial charge in [-0.25, -0.2) is 4.79 Å². The lowest BCUT2D eigenvalue weighted by Crippen LogP contribution is -2.48. The number of nitrogens with two attached hydrogens (primary N) is 1. The lowest BCUT2D eigenvalue weighted by molar-refractivity contribution is -0.142. The molecule has 2 aliphatic heterocycles. The lowest BCUT2D eigenvalue weighted by atomic mass is 9.91. The van der Waals surface area contributed by atoms with Crippen molar-refractivity contribution >= 4 is 40.1 Å². The summed E-state index contributed by atoms with van der Waals surface area (Å²) in [5.41, 5.74) is 9.98. The number of carbonyl (C=O) groups excluding carboxylic acids is 2. The van der Waals surface area contributed by atoms with E-state index in [9.17, 15) is 14.4 Å². The van der Waals surface area contributed by atoms with Crippen LogP contribution in [0.3, 0.4) is 0 Å². The van der Waals surface area contributed by atoms with E-state index in [0.29, 0.717) is 62.2 Å². The Hall–Kier alpha value is -3.30. The Morgan fingerprint density at radius 1 is 1.05 bits per heavy atom. The fourth-order valence-corrected chi connectivity index (χ4v) is 6.78. The third-order valence-corrected chi connectivity index (χ3v) is 9.27. The average molecular weight is 581 g/mol. The summed E-state index contributed by atoms with van der Waals surface area (Å²) in [7, 11) is 4.16. The van der Waals surface area contributed by atoms with Crippen LogP contribution in [0.5, 0.6) is 0 Å². The van der Waals surface area contributed by atoms with Gasteiger partial charge in [0.1, 0.15) is 0 Å². The highest BCUT2D eigenvalue weighted by Crippen LogP contribution is 2.29. The second-order valence-corrected chi connectivity index (χ2v) is 12.3. The number of nitrogens with one attached hydrogen (secondary N) is 1. The van der Waals surface area contributed by atoms with E-state index in [0.717, 1.165) is 35.0 Å². The quantitative estimate of drug-likeness (QED) is 0.413. The number of H-pyrrole nitrogens is 1. The van der Waals surface area contributed by atoms with E-state index in [1.807, 2.05) is 57.7 Å². The van der Waals surface area contributed by atoms with E-state index < -0.39 is 5.92 Å². The van der Waals surface area contributed by atoms with Gasteiger partial charge < -0.3 is 25.4 Å². The molecule has 3 heterocycles. The number of hydrogen-bond acceptors (Lipinski definition) is 5. The summed E-state index contributed by atoms with van der Waals surface area (Å²) in [5.74, 6) is -0.470. The molecule has 2 fully saturated rings. The first-order chi connectivity index (χ1) is 19.6. The highest BCUT2D eigenvalue weighted by Gasteiger charge is 2.33. The molecule has 0 aliphatic carbocycles. The molecule has 10 heteroatoms. The zero-order valence-corrected chi connectivity index (χ0v) is 25.0. The zero-order valence-electron chi connectivity index (χ0n) is 24.2. The molecule has 1 aromatic heterocycles. The number of para-hydroxylation sites is 2. The third-order valence-electron chi connectivity index (χ3n) is 8.96. The van der Waals surface area contributed by atoms with Gasteiger partial charge >= 0.3 is 5.69 Å². The maximum Gasteiger partial charge on any atom is 0.326 e. The van der Waals surface area contributed by atoms with Crippen LogP contribution in [0.1, 0.15) is 49.3 Å². The van der Waals surface area contributed by atoms with Crippen molar-refractivity contribution in [1.29, 1.82) is 0 Å². The predicted molar refractivity (Wildman–Crippen MR) is 163 cm³/mol. The SMILES string of the molecule is Cc1cc(C[C@@H](CC(=O)N2CCC(n3c(=O)[nH]c4ccccc43)CC2)C(=O)N2CCC(N(C)C)CC2)cc(Cl)c1N. The number of benzene rings is 2. The van der Waals surface area contributed by atoms with Crippen molar-refractivity contribution in [3.63, 3.8) is 0 Å². The maximum atomic E-state index is 13.8. The summed E-state index contributed by atoms with van der Waals surface area (Å²) in [6.07, 6.45) is 3.80. The van der Waals surface area contributed by atoms with Crippen LogP contribution < -0.4 is 11.4 Å². The molecule has 5 rings (SSSR count). The van der Waals surface area contributed by atoms with Gasteiger partial charge in [0.05, 0.1) is 27.7 Å². The third kappa shape index (κ3) is 6.31. The van der Waals surface area contributed by atoms with Gasteiger partial charge in [0.2, 0.25) is 11.8 Å². The van der Waals surface area contributed by atoms with Gasteiger partial charge in [0, 0.05) is 44.7 Å². The second-order valence-electron chi connectivity index (χ2n) is 11.9. The number of aromatic nitrogens is 2. The number of carbonyl (C=O) groups is 2. The van der Waals surface area contributed by atoms with E-state index in [4.69, 9.17) is 17.3 Å². The van der Waals surface area contributed by atoms with Crippen molar-refractivity contribution in [2.75, 3.05) is 46.0 Å². The van der Waals surface area contributed by atoms with Crippen LogP contribution in [0.2, 0.25) is 5.02 Å². The van der Waals surface area contributed by atoms with Gasteiger partial charge in [0.25, 0.3) is 0 Å². The number of nitrogen functional groups attached to an aromatic ring is 1. The molecule has 0 unspecified atom stereocenters. The largest absolute Gasteiger partial charge is 0.397 e. The number of piperidine rings is 2. The summed E-state index contributed by atoms with van der Waals surface area (Å²) in [4.78, 5) is 49.1. The van der Waals surface area contributed by atoms with E-state index >= 15 is 0 Å². The van der Waals surface area contributed by atoms with Crippen molar-refractivity contribution in [2.24, 2.45) is 5.92 Å². The topological polar surface area (TPSA) is 108 Å². The Morgan fingerprint density at radius 2 is 1.71 bits per heavy atom. The van der Waals surface area contributed by atoms with Gasteiger partial charge in [-0.15, -0.1) is 0 Å². The van der Waals surface area contributed by atoms with Gasteiger partial charge in [-0.3, -0.25) is 14.2 Å². The highest BCUT2D eigenvalue weighted by atomic mass is 35.5. The normalized spacial score (nSPS) is 17.9. The Balaban J connectivity index is 1.28. The van der Waals surface area contributed by atoms with Crippen LogP contribution in [-0.2, 0) is 16.0 Å². The molecule has 0 spiro atoms. The van der Waals surface area contributed by atoms with E-state index in [2.05, 4.69) is 24.0 Å². The van der Waals surface area contributed by atoms with Crippen molar-refractivity contribution in [2.45, 2.75) is 57.5 Å². The summed E-state index contributed by atoms with van der Waals surface area (Å²) >= 11 is 6.38. The number of aryl methyl sites for hydroxylation is 1. The molecule has 3 aromatic rings. The number of fused-ring (bicyclic) bond motifs is 1. The fourth-order valence-electron chi connectivity index (χ4n) is 6.49. The number of imidazole rings is 1. The summed E-state index contributed by atoms with van der Waals surface area (Å²) < 4.78 is 1.83. The molecular weight excluding hydrogens is 540 g/mol. The van der Waals surface area contributed by atoms with Crippen molar-refractivity contribution in [3.8, 4) is 0 Å². The number of likely N-dealkylation sites (tertiary alicyclic amines) is 2. The zero-order chi connectivity index (χ0) is 29.3. The minimum Gasteiger partial charge on any atom is -0.397 e. The fraction of sp³-hybridized carbons (Fsp3) is 0.516. The van der Waals surface area contributed by atoms with Crippen LogP contribution in [0.4, 0.5) is 5.69 Å². The first-order valence-corrected chi connectivity index (χ1v) is 15.0. The average Bonchev–Trinajstić information content (AvgIpc) is 3.30. The van der Waals surface area contributed by atoms with Crippen LogP contribution >= 0.6 is 11.6 Å². The first kappa shape index (κ1) is 29.2. The second kappa shape index (κ2) is 12.3. The number of nitrogens with zero attached hydrogens (tertiary/aromatic N) is 4. The molecule has 3 N–H and O–H groups in total. The minimum absolute atomic E-state index is 0.0190. The van der Waals surface area contributed by atoms with Crippen molar-refractivity contribution in [1.82, 2.24) is 24.3 Å². The molecule has 2 aromatic carbocycles. The van der Waals surface area contributed by atoms with Crippen LogP contribution in [0.15, 0.2) is 41.2 Å². The molecule has 1 atom stereocenters. The van der Waals surface area contributed by atoms with Crippen LogP contribution in [0, 0.1) is 12.8 Å². The summed E-state index contributed by atoms with van der Waals surface area (Å²) in [5, 5.41) is 0.471. The molecule has 220 valence electrons. The molecule has 2 amide bonds. The number of amides is 2. The summed E-state index contributed by atoms with van der Waals surface area (Å²) in [6, 6.07) is 12.0. The van der Waals surface area contributed by atoms with Crippen molar-refractivity contribution < 1.29 is 9.59 Å². The number of rotatable bonds is 7. The van der Waals surface area contributed by atoms with E-state index in [-0.39, 0.29) is 30.0 Å². The number of anilines is 1. The molecular formula is C31H41ClN6O3. The molecule has 2 saturated heterocycles. The Bertz CT molecular complexity index is 1440. The molecule has 0 bridgehead atoms. The maximum absolute atomic E-state index is 13.8. The van der Waals surface area contributed by atoms with Gasteiger partial charge in [0.15, 0.2) is 0 Å². The molecule has 0 radical (unpaired) electrons.